The lowest BCUT2D eigenvalue weighted by molar-refractivity contribution is 0.0233. The van der Waals surface area contributed by atoms with Crippen molar-refractivity contribution in [2.45, 2.75) is 18.9 Å². The standard InChI is InChI=1S/C7H14N2O2/c1-3-10-6(8-1)5-7-9-2-4-11-7/h6-9H,1-5H2. The first-order chi connectivity index (χ1) is 5.45. The van der Waals surface area contributed by atoms with E-state index in [1.54, 1.807) is 0 Å². The zero-order chi connectivity index (χ0) is 7.52. The van der Waals surface area contributed by atoms with Crippen LogP contribution in [0.25, 0.3) is 0 Å². The molecule has 2 unspecified atom stereocenters. The number of ether oxygens (including phenoxy) is 2. The maximum absolute atomic E-state index is 5.38. The summed E-state index contributed by atoms with van der Waals surface area (Å²) in [5.74, 6) is 0. The molecule has 0 aromatic rings. The molecular weight excluding hydrogens is 144 g/mol. The summed E-state index contributed by atoms with van der Waals surface area (Å²) in [4.78, 5) is 0. The van der Waals surface area contributed by atoms with Gasteiger partial charge in [-0.15, -0.1) is 0 Å². The highest BCUT2D eigenvalue weighted by Crippen LogP contribution is 2.07. The Kier molecular flexibility index (Phi) is 2.38. The van der Waals surface area contributed by atoms with Gasteiger partial charge in [0.2, 0.25) is 0 Å². The molecule has 2 aliphatic heterocycles. The van der Waals surface area contributed by atoms with E-state index < -0.39 is 0 Å². The molecule has 0 aromatic heterocycles. The van der Waals surface area contributed by atoms with Gasteiger partial charge in [-0.05, 0) is 0 Å². The lowest BCUT2D eigenvalue weighted by Gasteiger charge is -2.14. The molecule has 0 saturated carbocycles. The van der Waals surface area contributed by atoms with E-state index in [9.17, 15) is 0 Å². The molecule has 2 rings (SSSR count). The molecule has 2 fully saturated rings. The van der Waals surface area contributed by atoms with Crippen molar-refractivity contribution in [3.63, 3.8) is 0 Å². The van der Waals surface area contributed by atoms with E-state index >= 15 is 0 Å². The van der Waals surface area contributed by atoms with Crippen LogP contribution in [-0.2, 0) is 9.47 Å². The van der Waals surface area contributed by atoms with Gasteiger partial charge in [-0.2, -0.15) is 0 Å². The SMILES string of the molecule is C1COC(CC2NCCO2)N1. The van der Waals surface area contributed by atoms with Crippen LogP contribution in [0.15, 0.2) is 0 Å². The minimum absolute atomic E-state index is 0.200. The molecule has 2 saturated heterocycles. The Morgan fingerprint density at radius 2 is 1.55 bits per heavy atom. The van der Waals surface area contributed by atoms with Crippen molar-refractivity contribution in [3.8, 4) is 0 Å². The average molecular weight is 158 g/mol. The third-order valence-electron chi connectivity index (χ3n) is 2.01. The highest BCUT2D eigenvalue weighted by molar-refractivity contribution is 4.70. The molecule has 0 amide bonds. The van der Waals surface area contributed by atoms with Crippen LogP contribution in [0.4, 0.5) is 0 Å². The zero-order valence-electron chi connectivity index (χ0n) is 6.51. The Morgan fingerprint density at radius 1 is 1.00 bits per heavy atom. The fourth-order valence-electron chi connectivity index (χ4n) is 1.46. The fourth-order valence-corrected chi connectivity index (χ4v) is 1.46. The summed E-state index contributed by atoms with van der Waals surface area (Å²) in [6.07, 6.45) is 1.32. The summed E-state index contributed by atoms with van der Waals surface area (Å²) < 4.78 is 10.8. The predicted molar refractivity (Wildman–Crippen MR) is 40.1 cm³/mol. The van der Waals surface area contributed by atoms with Crippen LogP contribution >= 0.6 is 0 Å². The summed E-state index contributed by atoms with van der Waals surface area (Å²) in [6.45, 7) is 3.60. The van der Waals surface area contributed by atoms with Gasteiger partial charge in [0.15, 0.2) is 0 Å². The highest BCUT2D eigenvalue weighted by atomic mass is 16.5. The molecule has 0 spiro atoms. The van der Waals surface area contributed by atoms with Crippen molar-refractivity contribution in [2.24, 2.45) is 0 Å². The molecule has 2 atom stereocenters. The Hall–Kier alpha value is -0.160. The summed E-state index contributed by atoms with van der Waals surface area (Å²) in [5.41, 5.74) is 0. The van der Waals surface area contributed by atoms with Gasteiger partial charge in [-0.25, -0.2) is 0 Å². The molecule has 2 N–H and O–H groups in total. The molecule has 64 valence electrons. The molecular formula is C7H14N2O2. The molecule has 0 aliphatic carbocycles. The van der Waals surface area contributed by atoms with Crippen LogP contribution in [0.3, 0.4) is 0 Å². The van der Waals surface area contributed by atoms with Crippen molar-refractivity contribution in [1.82, 2.24) is 10.6 Å². The summed E-state index contributed by atoms with van der Waals surface area (Å²) in [5, 5.41) is 6.48. The molecule has 0 aromatic carbocycles. The van der Waals surface area contributed by atoms with Crippen molar-refractivity contribution in [2.75, 3.05) is 26.3 Å². The molecule has 2 aliphatic rings. The number of nitrogens with one attached hydrogen (secondary N) is 2. The number of hydrogen-bond acceptors (Lipinski definition) is 4. The molecule has 2 heterocycles. The van der Waals surface area contributed by atoms with Crippen LogP contribution in [0.1, 0.15) is 6.42 Å². The second-order valence-corrected chi connectivity index (χ2v) is 2.86. The number of hydrogen-bond donors (Lipinski definition) is 2. The fraction of sp³-hybridized carbons (Fsp3) is 1.00. The van der Waals surface area contributed by atoms with Crippen LogP contribution in [-0.4, -0.2) is 38.8 Å². The summed E-state index contributed by atoms with van der Waals surface area (Å²) in [7, 11) is 0. The predicted octanol–water partition coefficient (Wildman–Crippen LogP) is -0.732. The summed E-state index contributed by atoms with van der Waals surface area (Å²) in [6, 6.07) is 0. The highest BCUT2D eigenvalue weighted by Gasteiger charge is 2.22. The molecule has 11 heavy (non-hydrogen) atoms. The van der Waals surface area contributed by atoms with Gasteiger partial charge >= 0.3 is 0 Å². The third kappa shape index (κ3) is 1.90. The van der Waals surface area contributed by atoms with Gasteiger partial charge in [0, 0.05) is 19.5 Å². The van der Waals surface area contributed by atoms with Gasteiger partial charge in [0.25, 0.3) is 0 Å². The molecule has 4 heteroatoms. The van der Waals surface area contributed by atoms with Crippen LogP contribution in [0, 0.1) is 0 Å². The molecule has 0 radical (unpaired) electrons. The lowest BCUT2D eigenvalue weighted by atomic mass is 10.3. The van der Waals surface area contributed by atoms with Crippen molar-refractivity contribution in [3.05, 3.63) is 0 Å². The first-order valence-electron chi connectivity index (χ1n) is 4.15. The van der Waals surface area contributed by atoms with Crippen LogP contribution < -0.4 is 10.6 Å². The van der Waals surface area contributed by atoms with Crippen molar-refractivity contribution >= 4 is 0 Å². The van der Waals surface area contributed by atoms with E-state index in [1.165, 1.54) is 0 Å². The van der Waals surface area contributed by atoms with Gasteiger partial charge in [0.1, 0.15) is 12.5 Å². The maximum Gasteiger partial charge on any atom is 0.112 e. The first-order valence-corrected chi connectivity index (χ1v) is 4.15. The Bertz CT molecular complexity index is 106. The Morgan fingerprint density at radius 3 is 1.91 bits per heavy atom. The van der Waals surface area contributed by atoms with E-state index in [4.69, 9.17) is 9.47 Å². The van der Waals surface area contributed by atoms with Gasteiger partial charge in [0.05, 0.1) is 13.2 Å². The van der Waals surface area contributed by atoms with Crippen molar-refractivity contribution < 1.29 is 9.47 Å². The topological polar surface area (TPSA) is 42.5 Å². The smallest absolute Gasteiger partial charge is 0.112 e. The minimum Gasteiger partial charge on any atom is -0.362 e. The summed E-state index contributed by atoms with van der Waals surface area (Å²) >= 11 is 0. The van der Waals surface area contributed by atoms with E-state index in [-0.39, 0.29) is 12.5 Å². The normalized spacial score (nSPS) is 38.2. The first kappa shape index (κ1) is 7.49. The zero-order valence-corrected chi connectivity index (χ0v) is 6.51. The van der Waals surface area contributed by atoms with E-state index in [1.807, 2.05) is 0 Å². The Labute approximate surface area is 66.2 Å². The third-order valence-corrected chi connectivity index (χ3v) is 2.01. The van der Waals surface area contributed by atoms with Gasteiger partial charge < -0.3 is 9.47 Å². The van der Waals surface area contributed by atoms with Gasteiger partial charge in [-0.1, -0.05) is 0 Å². The molecule has 4 nitrogen and oxygen atoms in total. The Balaban J connectivity index is 1.71. The van der Waals surface area contributed by atoms with Crippen LogP contribution in [0.2, 0.25) is 0 Å². The maximum atomic E-state index is 5.38. The van der Waals surface area contributed by atoms with E-state index in [0.717, 1.165) is 32.7 Å². The lowest BCUT2D eigenvalue weighted by Crippen LogP contribution is -2.33. The quantitative estimate of drug-likeness (QED) is 0.556. The van der Waals surface area contributed by atoms with E-state index in [0.29, 0.717) is 0 Å². The minimum atomic E-state index is 0.200. The monoisotopic (exact) mass is 158 g/mol. The van der Waals surface area contributed by atoms with Crippen LogP contribution in [0.5, 0.6) is 0 Å². The van der Waals surface area contributed by atoms with Gasteiger partial charge in [-0.3, -0.25) is 10.6 Å². The molecule has 0 bridgehead atoms. The second kappa shape index (κ2) is 3.49. The van der Waals surface area contributed by atoms with Crippen molar-refractivity contribution in [1.29, 1.82) is 0 Å². The second-order valence-electron chi connectivity index (χ2n) is 2.86. The number of rotatable bonds is 2. The van der Waals surface area contributed by atoms with E-state index in [2.05, 4.69) is 10.6 Å². The largest absolute Gasteiger partial charge is 0.362 e. The average Bonchev–Trinajstić information content (AvgIpc) is 2.60.